The van der Waals surface area contributed by atoms with Gasteiger partial charge >= 0.3 is 0 Å². The van der Waals surface area contributed by atoms with E-state index in [4.69, 9.17) is 31.9 Å². The molecule has 1 fully saturated rings. The fourth-order valence-electron chi connectivity index (χ4n) is 3.30. The largest absolute Gasteiger partial charge is 0.493 e. The van der Waals surface area contributed by atoms with E-state index in [1.54, 1.807) is 0 Å². The van der Waals surface area contributed by atoms with Crippen molar-refractivity contribution in [2.75, 3.05) is 45.2 Å². The van der Waals surface area contributed by atoms with Crippen molar-refractivity contribution in [3.8, 4) is 5.75 Å². The average Bonchev–Trinajstić information content (AvgIpc) is 2.75. The summed E-state index contributed by atoms with van der Waals surface area (Å²) in [5, 5.41) is 12.1. The molecule has 1 aliphatic heterocycles. The Morgan fingerprint density at radius 2 is 2.13 bits per heavy atom. The van der Waals surface area contributed by atoms with Gasteiger partial charge in [-0.15, -0.1) is 0 Å². The summed E-state index contributed by atoms with van der Waals surface area (Å²) in [5.41, 5.74) is 7.74. The number of halogens is 1. The quantitative estimate of drug-likeness (QED) is 0.415. The standard InChI is InChI=1S/C22H28ClN3O4/c23-19-11-18(21(12-20(19)24)30-9-4-8-27)22(28)25-13-17-15-26(7-10-29-17)14-16-5-2-1-3-6-16/h1-3,5-6,11-12,17,27H,4,7-10,13-15,24H2,(H,25,28). The summed E-state index contributed by atoms with van der Waals surface area (Å²) in [6, 6.07) is 13.3. The number of benzene rings is 2. The van der Waals surface area contributed by atoms with Crippen LogP contribution in [0.3, 0.4) is 0 Å². The molecule has 7 nitrogen and oxygen atoms in total. The summed E-state index contributed by atoms with van der Waals surface area (Å²) in [6.07, 6.45) is 0.353. The lowest BCUT2D eigenvalue weighted by molar-refractivity contribution is -0.0292. The molecule has 2 aromatic carbocycles. The number of carbonyl (C=O) groups excluding carboxylic acids is 1. The molecule has 1 heterocycles. The molecule has 4 N–H and O–H groups in total. The maximum Gasteiger partial charge on any atom is 0.255 e. The third-order valence-electron chi connectivity index (χ3n) is 4.87. The first-order chi connectivity index (χ1) is 14.6. The van der Waals surface area contributed by atoms with Gasteiger partial charge in [-0.2, -0.15) is 0 Å². The Morgan fingerprint density at radius 3 is 2.90 bits per heavy atom. The number of nitrogens with zero attached hydrogens (tertiary/aromatic N) is 1. The highest BCUT2D eigenvalue weighted by molar-refractivity contribution is 6.33. The number of nitrogen functional groups attached to an aromatic ring is 1. The van der Waals surface area contributed by atoms with Crippen LogP contribution in [0.15, 0.2) is 42.5 Å². The number of morpholine rings is 1. The van der Waals surface area contributed by atoms with Crippen LogP contribution in [-0.2, 0) is 11.3 Å². The molecule has 1 amide bonds. The molecule has 1 aliphatic rings. The highest BCUT2D eigenvalue weighted by atomic mass is 35.5. The minimum atomic E-state index is -0.306. The van der Waals surface area contributed by atoms with Crippen LogP contribution >= 0.6 is 11.6 Å². The zero-order chi connectivity index (χ0) is 21.3. The van der Waals surface area contributed by atoms with Gasteiger partial charge in [-0.3, -0.25) is 9.69 Å². The molecule has 0 saturated carbocycles. The SMILES string of the molecule is Nc1cc(OCCCO)c(C(=O)NCC2CN(Cc3ccccc3)CCO2)cc1Cl. The number of carbonyl (C=O) groups is 1. The highest BCUT2D eigenvalue weighted by Crippen LogP contribution is 2.29. The molecule has 0 spiro atoms. The third-order valence-corrected chi connectivity index (χ3v) is 5.19. The molecule has 162 valence electrons. The summed E-state index contributed by atoms with van der Waals surface area (Å²) in [4.78, 5) is 15.1. The normalized spacial score (nSPS) is 16.9. The molecule has 2 aromatic rings. The Balaban J connectivity index is 1.57. The van der Waals surface area contributed by atoms with Crippen molar-refractivity contribution < 1.29 is 19.4 Å². The van der Waals surface area contributed by atoms with Gasteiger partial charge in [-0.25, -0.2) is 0 Å². The predicted octanol–water partition coefficient (Wildman–Crippen LogP) is 2.31. The molecule has 0 radical (unpaired) electrons. The molecule has 0 aromatic heterocycles. The second kappa shape index (κ2) is 11.2. The first-order valence-electron chi connectivity index (χ1n) is 10.1. The molecule has 1 unspecified atom stereocenters. The fraction of sp³-hybridized carbons (Fsp3) is 0.409. The first kappa shape index (κ1) is 22.4. The van der Waals surface area contributed by atoms with E-state index >= 15 is 0 Å². The molecule has 3 rings (SSSR count). The third kappa shape index (κ3) is 6.34. The Bertz CT molecular complexity index is 835. The van der Waals surface area contributed by atoms with Crippen molar-refractivity contribution in [2.45, 2.75) is 19.1 Å². The molecule has 1 atom stereocenters. The van der Waals surface area contributed by atoms with E-state index in [2.05, 4.69) is 22.3 Å². The van der Waals surface area contributed by atoms with Gasteiger partial charge in [-0.05, 0) is 11.6 Å². The lowest BCUT2D eigenvalue weighted by Gasteiger charge is -2.33. The number of anilines is 1. The van der Waals surface area contributed by atoms with E-state index in [-0.39, 0.29) is 30.2 Å². The Labute approximate surface area is 181 Å². The number of amides is 1. The summed E-state index contributed by atoms with van der Waals surface area (Å²) < 4.78 is 11.4. The predicted molar refractivity (Wildman–Crippen MR) is 117 cm³/mol. The number of aliphatic hydroxyl groups is 1. The van der Waals surface area contributed by atoms with Crippen LogP contribution in [0.4, 0.5) is 5.69 Å². The number of nitrogens with one attached hydrogen (secondary N) is 1. The summed E-state index contributed by atoms with van der Waals surface area (Å²) in [5.74, 6) is 0.0396. The van der Waals surface area contributed by atoms with E-state index in [9.17, 15) is 4.79 Å². The van der Waals surface area contributed by atoms with E-state index in [1.165, 1.54) is 17.7 Å². The van der Waals surface area contributed by atoms with Crippen molar-refractivity contribution in [1.82, 2.24) is 10.2 Å². The molecule has 8 heteroatoms. The average molecular weight is 434 g/mol. The number of nitrogens with two attached hydrogens (primary N) is 1. The Kier molecular flexibility index (Phi) is 8.33. The van der Waals surface area contributed by atoms with Crippen molar-refractivity contribution in [3.05, 3.63) is 58.6 Å². The van der Waals surface area contributed by atoms with Gasteiger partial charge in [0.1, 0.15) is 5.75 Å². The molecule has 1 saturated heterocycles. The summed E-state index contributed by atoms with van der Waals surface area (Å²) in [6.45, 7) is 3.72. The number of rotatable bonds is 9. The van der Waals surface area contributed by atoms with E-state index < -0.39 is 0 Å². The van der Waals surface area contributed by atoms with Crippen LogP contribution < -0.4 is 15.8 Å². The fourth-order valence-corrected chi connectivity index (χ4v) is 3.47. The van der Waals surface area contributed by atoms with Gasteiger partial charge in [0.25, 0.3) is 5.91 Å². The number of hydrogen-bond donors (Lipinski definition) is 3. The van der Waals surface area contributed by atoms with Crippen molar-refractivity contribution >= 4 is 23.2 Å². The lowest BCUT2D eigenvalue weighted by atomic mass is 10.1. The number of hydrogen-bond acceptors (Lipinski definition) is 6. The topological polar surface area (TPSA) is 97.1 Å². The zero-order valence-electron chi connectivity index (χ0n) is 16.9. The smallest absolute Gasteiger partial charge is 0.255 e. The maximum absolute atomic E-state index is 12.8. The minimum Gasteiger partial charge on any atom is -0.493 e. The Morgan fingerprint density at radius 1 is 1.33 bits per heavy atom. The molecular formula is C22H28ClN3O4. The van der Waals surface area contributed by atoms with E-state index in [1.807, 2.05) is 18.2 Å². The molecule has 30 heavy (non-hydrogen) atoms. The summed E-state index contributed by atoms with van der Waals surface area (Å²) >= 11 is 6.10. The minimum absolute atomic E-state index is 0.00308. The van der Waals surface area contributed by atoms with Crippen LogP contribution in [0.25, 0.3) is 0 Å². The highest BCUT2D eigenvalue weighted by Gasteiger charge is 2.22. The van der Waals surface area contributed by atoms with Gasteiger partial charge in [0, 0.05) is 45.3 Å². The maximum atomic E-state index is 12.8. The van der Waals surface area contributed by atoms with Crippen LogP contribution in [0.1, 0.15) is 22.3 Å². The van der Waals surface area contributed by atoms with Crippen LogP contribution in [0, 0.1) is 0 Å². The molecular weight excluding hydrogens is 406 g/mol. The monoisotopic (exact) mass is 433 g/mol. The van der Waals surface area contributed by atoms with E-state index in [0.717, 1.165) is 19.6 Å². The number of aliphatic hydroxyl groups excluding tert-OH is 1. The van der Waals surface area contributed by atoms with E-state index in [0.29, 0.717) is 36.6 Å². The second-order valence-electron chi connectivity index (χ2n) is 7.22. The molecule has 0 aliphatic carbocycles. The van der Waals surface area contributed by atoms with Crippen molar-refractivity contribution in [3.63, 3.8) is 0 Å². The van der Waals surface area contributed by atoms with Gasteiger partial charge in [0.05, 0.1) is 35.6 Å². The van der Waals surface area contributed by atoms with Crippen molar-refractivity contribution in [1.29, 1.82) is 0 Å². The Hall–Kier alpha value is -2.32. The summed E-state index contributed by atoms with van der Waals surface area (Å²) in [7, 11) is 0. The zero-order valence-corrected chi connectivity index (χ0v) is 17.6. The van der Waals surface area contributed by atoms with Crippen molar-refractivity contribution in [2.24, 2.45) is 0 Å². The van der Waals surface area contributed by atoms with Gasteiger partial charge in [0.2, 0.25) is 0 Å². The van der Waals surface area contributed by atoms with Gasteiger partial charge in [0.15, 0.2) is 0 Å². The molecule has 0 bridgehead atoms. The second-order valence-corrected chi connectivity index (χ2v) is 7.63. The van der Waals surface area contributed by atoms with Crippen LogP contribution in [-0.4, -0.2) is 61.5 Å². The number of ether oxygens (including phenoxy) is 2. The lowest BCUT2D eigenvalue weighted by Crippen LogP contribution is -2.47. The van der Waals surface area contributed by atoms with Crippen LogP contribution in [0.2, 0.25) is 5.02 Å². The van der Waals surface area contributed by atoms with Gasteiger partial charge < -0.3 is 25.6 Å². The van der Waals surface area contributed by atoms with Crippen LogP contribution in [0.5, 0.6) is 5.75 Å². The van der Waals surface area contributed by atoms with Gasteiger partial charge in [-0.1, -0.05) is 41.9 Å². The first-order valence-corrected chi connectivity index (χ1v) is 10.4.